The fourth-order valence-corrected chi connectivity index (χ4v) is 5.59. The third-order valence-electron chi connectivity index (χ3n) is 6.91. The lowest BCUT2D eigenvalue weighted by Crippen LogP contribution is -2.46. The van der Waals surface area contributed by atoms with Gasteiger partial charge in [0.1, 0.15) is 5.82 Å². The van der Waals surface area contributed by atoms with Crippen LogP contribution in [-0.4, -0.2) is 84.1 Å². The molecule has 8 nitrogen and oxygen atoms in total. The van der Waals surface area contributed by atoms with Crippen molar-refractivity contribution in [2.45, 2.75) is 44.5 Å². The number of thioether (sulfide) groups is 1. The fraction of sp³-hybridized carbons (Fsp3) is 0.556. The lowest BCUT2D eigenvalue weighted by molar-refractivity contribution is -0.149. The lowest BCUT2D eigenvalue weighted by atomic mass is 9.96. The van der Waals surface area contributed by atoms with Crippen LogP contribution in [0.1, 0.15) is 48.3 Å². The average molecular weight is 512 g/mol. The number of likely N-dealkylation sites (N-methyl/N-ethyl adjacent to an activating group) is 1. The normalized spacial score (nSPS) is 17.3. The second-order valence-corrected chi connectivity index (χ2v) is 10.3. The SMILES string of the molecule is CCOC(=O)C1CCN(C(=O)c2cccc(CSc3nc(C)cc(N4CCN(CC)CC4)n3)c2)CC1. The van der Waals surface area contributed by atoms with E-state index in [9.17, 15) is 9.59 Å². The minimum absolute atomic E-state index is 0.0180. The number of esters is 1. The molecule has 0 unspecified atom stereocenters. The van der Waals surface area contributed by atoms with Crippen molar-refractivity contribution in [1.29, 1.82) is 0 Å². The monoisotopic (exact) mass is 511 g/mol. The first kappa shape index (κ1) is 26.4. The van der Waals surface area contributed by atoms with Crippen molar-refractivity contribution in [3.8, 4) is 0 Å². The van der Waals surface area contributed by atoms with Crippen LogP contribution in [0.4, 0.5) is 5.82 Å². The van der Waals surface area contributed by atoms with E-state index in [0.29, 0.717) is 43.9 Å². The standard InChI is InChI=1S/C27H37N5O3S/c1-4-30-13-15-31(16-14-30)24-17-20(3)28-27(29-24)36-19-21-7-6-8-23(18-21)25(33)32-11-9-22(10-12-32)26(34)35-5-2/h6-8,17-18,22H,4-5,9-16,19H2,1-3H3. The molecule has 0 atom stereocenters. The Morgan fingerprint density at radius 3 is 2.47 bits per heavy atom. The van der Waals surface area contributed by atoms with Crippen LogP contribution in [-0.2, 0) is 15.3 Å². The van der Waals surface area contributed by atoms with E-state index in [0.717, 1.165) is 55.0 Å². The van der Waals surface area contributed by atoms with Gasteiger partial charge in [-0.3, -0.25) is 9.59 Å². The van der Waals surface area contributed by atoms with Gasteiger partial charge in [0.25, 0.3) is 5.91 Å². The van der Waals surface area contributed by atoms with Crippen molar-refractivity contribution in [2.24, 2.45) is 5.92 Å². The van der Waals surface area contributed by atoms with E-state index in [2.05, 4.69) is 27.8 Å². The number of aryl methyl sites for hydroxylation is 1. The highest BCUT2D eigenvalue weighted by atomic mass is 32.2. The Bertz CT molecular complexity index is 1050. The minimum atomic E-state index is -0.145. The number of piperidine rings is 1. The van der Waals surface area contributed by atoms with Gasteiger partial charge < -0.3 is 19.4 Å². The highest BCUT2D eigenvalue weighted by molar-refractivity contribution is 7.98. The maximum atomic E-state index is 13.1. The molecule has 1 aromatic heterocycles. The largest absolute Gasteiger partial charge is 0.466 e. The molecule has 2 fully saturated rings. The molecule has 36 heavy (non-hydrogen) atoms. The average Bonchev–Trinajstić information content (AvgIpc) is 2.91. The second-order valence-electron chi connectivity index (χ2n) is 9.38. The summed E-state index contributed by atoms with van der Waals surface area (Å²) >= 11 is 1.60. The molecule has 3 heterocycles. The van der Waals surface area contributed by atoms with Crippen LogP contribution in [0.3, 0.4) is 0 Å². The maximum Gasteiger partial charge on any atom is 0.309 e. The summed E-state index contributed by atoms with van der Waals surface area (Å²) in [5, 5.41) is 0.765. The topological polar surface area (TPSA) is 78.9 Å². The molecule has 0 aliphatic carbocycles. The number of nitrogens with zero attached hydrogens (tertiary/aromatic N) is 5. The summed E-state index contributed by atoms with van der Waals surface area (Å²) in [6.45, 7) is 12.8. The molecule has 0 N–H and O–H groups in total. The number of ether oxygens (including phenoxy) is 1. The highest BCUT2D eigenvalue weighted by Crippen LogP contribution is 2.25. The van der Waals surface area contributed by atoms with E-state index in [1.54, 1.807) is 11.8 Å². The van der Waals surface area contributed by atoms with Gasteiger partial charge in [-0.1, -0.05) is 30.8 Å². The van der Waals surface area contributed by atoms with Crippen LogP contribution in [0.25, 0.3) is 0 Å². The van der Waals surface area contributed by atoms with Crippen molar-refractivity contribution >= 4 is 29.5 Å². The van der Waals surface area contributed by atoms with E-state index in [4.69, 9.17) is 9.72 Å². The summed E-state index contributed by atoms with van der Waals surface area (Å²) in [4.78, 5) is 41.2. The fourth-order valence-electron chi connectivity index (χ4n) is 4.75. The Morgan fingerprint density at radius 1 is 1.03 bits per heavy atom. The van der Waals surface area contributed by atoms with Crippen LogP contribution in [0.15, 0.2) is 35.5 Å². The molecule has 0 bridgehead atoms. The lowest BCUT2D eigenvalue weighted by Gasteiger charge is -2.34. The first-order chi connectivity index (χ1) is 17.5. The smallest absolute Gasteiger partial charge is 0.309 e. The molecular formula is C27H37N5O3S. The van der Waals surface area contributed by atoms with Gasteiger partial charge >= 0.3 is 5.97 Å². The Kier molecular flexibility index (Phi) is 9.20. The molecule has 9 heteroatoms. The van der Waals surface area contributed by atoms with Crippen LogP contribution in [0, 0.1) is 12.8 Å². The Balaban J connectivity index is 1.34. The van der Waals surface area contributed by atoms with Crippen LogP contribution < -0.4 is 4.90 Å². The number of carbonyl (C=O) groups excluding carboxylic acids is 2. The van der Waals surface area contributed by atoms with Gasteiger partial charge in [-0.2, -0.15) is 0 Å². The van der Waals surface area contributed by atoms with Crippen LogP contribution in [0.2, 0.25) is 0 Å². The maximum absolute atomic E-state index is 13.1. The molecule has 0 saturated carbocycles. The van der Waals surface area contributed by atoms with Crippen molar-refractivity contribution in [3.63, 3.8) is 0 Å². The van der Waals surface area contributed by atoms with Gasteiger partial charge in [0.15, 0.2) is 5.16 Å². The Morgan fingerprint density at radius 2 is 1.78 bits per heavy atom. The van der Waals surface area contributed by atoms with Crippen LogP contribution in [0.5, 0.6) is 0 Å². The zero-order valence-electron chi connectivity index (χ0n) is 21.6. The van der Waals surface area contributed by atoms with Gasteiger partial charge in [-0.15, -0.1) is 0 Å². The molecule has 2 aliphatic rings. The molecule has 1 amide bonds. The molecule has 2 saturated heterocycles. The number of aromatic nitrogens is 2. The number of hydrogen-bond acceptors (Lipinski definition) is 8. The zero-order chi connectivity index (χ0) is 25.5. The second kappa shape index (κ2) is 12.5. The third-order valence-corrected chi connectivity index (χ3v) is 7.83. The third kappa shape index (κ3) is 6.76. The molecule has 4 rings (SSSR count). The van der Waals surface area contributed by atoms with E-state index in [-0.39, 0.29) is 17.8 Å². The molecule has 2 aliphatic heterocycles. The zero-order valence-corrected chi connectivity index (χ0v) is 22.4. The van der Waals surface area contributed by atoms with Crippen molar-refractivity contribution < 1.29 is 14.3 Å². The molecular weight excluding hydrogens is 474 g/mol. The molecule has 0 radical (unpaired) electrons. The number of likely N-dealkylation sites (tertiary alicyclic amines) is 1. The van der Waals surface area contributed by atoms with Crippen LogP contribution >= 0.6 is 11.8 Å². The Labute approximate surface area is 218 Å². The summed E-state index contributed by atoms with van der Waals surface area (Å²) < 4.78 is 5.14. The summed E-state index contributed by atoms with van der Waals surface area (Å²) in [7, 11) is 0. The Hall–Kier alpha value is -2.65. The number of carbonyl (C=O) groups is 2. The van der Waals surface area contributed by atoms with E-state index < -0.39 is 0 Å². The van der Waals surface area contributed by atoms with E-state index in [1.807, 2.05) is 43.0 Å². The van der Waals surface area contributed by atoms with Gasteiger partial charge in [0.2, 0.25) is 0 Å². The molecule has 194 valence electrons. The minimum Gasteiger partial charge on any atom is -0.466 e. The van der Waals surface area contributed by atoms with Crippen molar-refractivity contribution in [1.82, 2.24) is 19.8 Å². The first-order valence-corrected chi connectivity index (χ1v) is 14.0. The highest BCUT2D eigenvalue weighted by Gasteiger charge is 2.28. The number of benzene rings is 1. The molecule has 0 spiro atoms. The summed E-state index contributed by atoms with van der Waals surface area (Å²) in [5.41, 5.74) is 2.72. The van der Waals surface area contributed by atoms with Crippen molar-refractivity contribution in [3.05, 3.63) is 47.2 Å². The molecule has 2 aromatic rings. The molecule has 1 aromatic carbocycles. The van der Waals surface area contributed by atoms with Gasteiger partial charge in [-0.25, -0.2) is 9.97 Å². The van der Waals surface area contributed by atoms with Gasteiger partial charge in [0.05, 0.1) is 12.5 Å². The summed E-state index contributed by atoms with van der Waals surface area (Å²) in [6.07, 6.45) is 1.31. The number of amides is 1. The first-order valence-electron chi connectivity index (χ1n) is 13.0. The summed E-state index contributed by atoms with van der Waals surface area (Å²) in [5.74, 6) is 1.46. The van der Waals surface area contributed by atoms with E-state index >= 15 is 0 Å². The van der Waals surface area contributed by atoms with Gasteiger partial charge in [0, 0.05) is 62.3 Å². The van der Waals surface area contributed by atoms with Gasteiger partial charge in [-0.05, 0) is 50.9 Å². The van der Waals surface area contributed by atoms with Crippen molar-refractivity contribution in [2.75, 3.05) is 57.3 Å². The number of anilines is 1. The predicted molar refractivity (Wildman–Crippen MR) is 142 cm³/mol. The number of piperazine rings is 1. The summed E-state index contributed by atoms with van der Waals surface area (Å²) in [6, 6.07) is 9.87. The number of rotatable bonds is 8. The predicted octanol–water partition coefficient (Wildman–Crippen LogP) is 3.63. The van der Waals surface area contributed by atoms with E-state index in [1.165, 1.54) is 0 Å². The quantitative estimate of drug-likeness (QED) is 0.302. The number of hydrogen-bond donors (Lipinski definition) is 0.